The highest BCUT2D eigenvalue weighted by Crippen LogP contribution is 2.28. The summed E-state index contributed by atoms with van der Waals surface area (Å²) >= 11 is 0. The van der Waals surface area contributed by atoms with Gasteiger partial charge in [0.1, 0.15) is 11.3 Å². The van der Waals surface area contributed by atoms with Gasteiger partial charge in [-0.2, -0.15) is 0 Å². The van der Waals surface area contributed by atoms with E-state index in [9.17, 15) is 5.11 Å². The standard InChI is InChI=1S/C20H22O3/c1-3-22-20(23-4-2)19(17-13-9-6-10-14-17)18(21)15-16-11-7-5-8-12-16/h5-15,21H,3-4H2,1-2H3. The summed E-state index contributed by atoms with van der Waals surface area (Å²) in [4.78, 5) is 0. The van der Waals surface area contributed by atoms with E-state index >= 15 is 0 Å². The number of ether oxygens (including phenoxy) is 2. The molecule has 0 saturated heterocycles. The minimum atomic E-state index is 0.110. The molecule has 0 unspecified atom stereocenters. The zero-order valence-corrected chi connectivity index (χ0v) is 13.5. The Morgan fingerprint density at radius 1 is 0.870 bits per heavy atom. The van der Waals surface area contributed by atoms with Gasteiger partial charge < -0.3 is 14.6 Å². The molecule has 2 aromatic rings. The van der Waals surface area contributed by atoms with E-state index in [1.807, 2.05) is 74.5 Å². The van der Waals surface area contributed by atoms with E-state index in [4.69, 9.17) is 9.47 Å². The second kappa shape index (κ2) is 8.69. The molecule has 0 amide bonds. The number of allylic oxidation sites excluding steroid dienone is 1. The van der Waals surface area contributed by atoms with Crippen LogP contribution in [-0.4, -0.2) is 18.3 Å². The molecule has 120 valence electrons. The van der Waals surface area contributed by atoms with Crippen molar-refractivity contribution in [1.82, 2.24) is 0 Å². The van der Waals surface area contributed by atoms with Gasteiger partial charge in [-0.15, -0.1) is 0 Å². The summed E-state index contributed by atoms with van der Waals surface area (Å²) in [6.45, 7) is 4.70. The fraction of sp³-hybridized carbons (Fsp3) is 0.200. The SMILES string of the molecule is CCOC(OCC)=C(C(O)=Cc1ccccc1)c1ccccc1. The molecule has 0 heterocycles. The molecule has 0 radical (unpaired) electrons. The molecule has 0 atom stereocenters. The van der Waals surface area contributed by atoms with E-state index in [0.29, 0.717) is 24.7 Å². The summed E-state index contributed by atoms with van der Waals surface area (Å²) in [5.74, 6) is 0.449. The van der Waals surface area contributed by atoms with Crippen molar-refractivity contribution in [3.8, 4) is 0 Å². The number of hydrogen-bond acceptors (Lipinski definition) is 3. The predicted molar refractivity (Wildman–Crippen MR) is 93.7 cm³/mol. The first kappa shape index (κ1) is 16.7. The van der Waals surface area contributed by atoms with E-state index in [-0.39, 0.29) is 5.76 Å². The van der Waals surface area contributed by atoms with Gasteiger partial charge in [0.25, 0.3) is 5.95 Å². The Morgan fingerprint density at radius 2 is 1.39 bits per heavy atom. The quantitative estimate of drug-likeness (QED) is 0.576. The lowest BCUT2D eigenvalue weighted by Crippen LogP contribution is -2.04. The van der Waals surface area contributed by atoms with Gasteiger partial charge in [0.2, 0.25) is 0 Å². The number of hydrogen-bond donors (Lipinski definition) is 1. The molecule has 0 saturated carbocycles. The normalized spacial score (nSPS) is 11.0. The maximum absolute atomic E-state index is 10.7. The summed E-state index contributed by atoms with van der Waals surface area (Å²) in [6.07, 6.45) is 1.71. The third kappa shape index (κ3) is 4.65. The average molecular weight is 310 g/mol. The topological polar surface area (TPSA) is 38.7 Å². The largest absolute Gasteiger partial charge is 0.507 e. The van der Waals surface area contributed by atoms with Gasteiger partial charge in [-0.3, -0.25) is 0 Å². The number of aliphatic hydroxyl groups excluding tert-OH is 1. The van der Waals surface area contributed by atoms with E-state index < -0.39 is 0 Å². The summed E-state index contributed by atoms with van der Waals surface area (Å²) in [5.41, 5.74) is 2.30. The van der Waals surface area contributed by atoms with E-state index in [1.54, 1.807) is 6.08 Å². The van der Waals surface area contributed by atoms with Crippen LogP contribution in [-0.2, 0) is 9.47 Å². The number of benzene rings is 2. The molecule has 0 spiro atoms. The number of aliphatic hydroxyl groups is 1. The van der Waals surface area contributed by atoms with Gasteiger partial charge in [0.05, 0.1) is 13.2 Å². The molecule has 2 rings (SSSR count). The first-order chi connectivity index (χ1) is 11.3. The van der Waals surface area contributed by atoms with Crippen molar-refractivity contribution < 1.29 is 14.6 Å². The molecule has 3 nitrogen and oxygen atoms in total. The molecule has 3 heteroatoms. The molecule has 0 aliphatic carbocycles. The van der Waals surface area contributed by atoms with Crippen LogP contribution >= 0.6 is 0 Å². The molecule has 0 aliphatic heterocycles. The summed E-state index contributed by atoms with van der Waals surface area (Å²) < 4.78 is 11.2. The average Bonchev–Trinajstić information content (AvgIpc) is 2.57. The van der Waals surface area contributed by atoms with E-state index in [1.165, 1.54) is 0 Å². The molecule has 23 heavy (non-hydrogen) atoms. The van der Waals surface area contributed by atoms with Crippen molar-refractivity contribution in [3.63, 3.8) is 0 Å². The van der Waals surface area contributed by atoms with Crippen molar-refractivity contribution in [2.45, 2.75) is 13.8 Å². The Morgan fingerprint density at radius 3 is 1.91 bits per heavy atom. The molecule has 2 aromatic carbocycles. The fourth-order valence-corrected chi connectivity index (χ4v) is 2.20. The van der Waals surface area contributed by atoms with E-state index in [2.05, 4.69) is 0 Å². The highest BCUT2D eigenvalue weighted by Gasteiger charge is 2.16. The van der Waals surface area contributed by atoms with Gasteiger partial charge in [0.15, 0.2) is 0 Å². The Balaban J connectivity index is 2.53. The lowest BCUT2D eigenvalue weighted by Gasteiger charge is -2.15. The lowest BCUT2D eigenvalue weighted by atomic mass is 10.0. The van der Waals surface area contributed by atoms with Crippen molar-refractivity contribution in [2.24, 2.45) is 0 Å². The molecule has 0 aliphatic rings. The smallest absolute Gasteiger partial charge is 0.291 e. The fourth-order valence-electron chi connectivity index (χ4n) is 2.20. The Kier molecular flexibility index (Phi) is 6.30. The second-order valence-corrected chi connectivity index (χ2v) is 4.83. The highest BCUT2D eigenvalue weighted by atomic mass is 16.7. The number of rotatable bonds is 7. The Bertz CT molecular complexity index is 650. The minimum Gasteiger partial charge on any atom is -0.507 e. The minimum absolute atomic E-state index is 0.110. The first-order valence-corrected chi connectivity index (χ1v) is 7.77. The molecule has 0 bridgehead atoms. The Labute approximate surface area is 137 Å². The molecular formula is C20H22O3. The Hall–Kier alpha value is -2.68. The van der Waals surface area contributed by atoms with Gasteiger partial charge in [0, 0.05) is 0 Å². The lowest BCUT2D eigenvalue weighted by molar-refractivity contribution is 0.0485. The maximum atomic E-state index is 10.7. The highest BCUT2D eigenvalue weighted by molar-refractivity contribution is 5.82. The van der Waals surface area contributed by atoms with Crippen LogP contribution in [0.4, 0.5) is 0 Å². The van der Waals surface area contributed by atoms with Crippen molar-refractivity contribution in [1.29, 1.82) is 0 Å². The van der Waals surface area contributed by atoms with E-state index in [0.717, 1.165) is 11.1 Å². The summed E-state index contributed by atoms with van der Waals surface area (Å²) in [7, 11) is 0. The van der Waals surface area contributed by atoms with Crippen LogP contribution in [0.2, 0.25) is 0 Å². The van der Waals surface area contributed by atoms with Crippen LogP contribution in [0.3, 0.4) is 0 Å². The van der Waals surface area contributed by atoms with Crippen LogP contribution in [0.15, 0.2) is 72.4 Å². The van der Waals surface area contributed by atoms with Crippen LogP contribution < -0.4 is 0 Å². The van der Waals surface area contributed by atoms with Crippen molar-refractivity contribution in [2.75, 3.05) is 13.2 Å². The van der Waals surface area contributed by atoms with Gasteiger partial charge in [-0.1, -0.05) is 60.7 Å². The van der Waals surface area contributed by atoms with Crippen molar-refractivity contribution in [3.05, 3.63) is 83.5 Å². The molecular weight excluding hydrogens is 288 g/mol. The third-order valence-corrected chi connectivity index (χ3v) is 3.18. The predicted octanol–water partition coefficient (Wildman–Crippen LogP) is 5.03. The van der Waals surface area contributed by atoms with Crippen LogP contribution in [0.1, 0.15) is 25.0 Å². The first-order valence-electron chi connectivity index (χ1n) is 7.77. The van der Waals surface area contributed by atoms with Crippen LogP contribution in [0.5, 0.6) is 0 Å². The molecule has 0 aromatic heterocycles. The zero-order chi connectivity index (χ0) is 16.5. The third-order valence-electron chi connectivity index (χ3n) is 3.18. The molecule has 0 fully saturated rings. The summed E-state index contributed by atoms with van der Waals surface area (Å²) in [6, 6.07) is 19.3. The molecule has 1 N–H and O–H groups in total. The summed E-state index contributed by atoms with van der Waals surface area (Å²) in [5, 5.41) is 10.7. The van der Waals surface area contributed by atoms with Gasteiger partial charge in [-0.05, 0) is 31.1 Å². The van der Waals surface area contributed by atoms with Gasteiger partial charge >= 0.3 is 0 Å². The van der Waals surface area contributed by atoms with Gasteiger partial charge in [-0.25, -0.2) is 0 Å². The van der Waals surface area contributed by atoms with Crippen LogP contribution in [0, 0.1) is 0 Å². The maximum Gasteiger partial charge on any atom is 0.291 e. The second-order valence-electron chi connectivity index (χ2n) is 4.83. The van der Waals surface area contributed by atoms with Crippen LogP contribution in [0.25, 0.3) is 11.6 Å². The zero-order valence-electron chi connectivity index (χ0n) is 13.5. The monoisotopic (exact) mass is 310 g/mol. The van der Waals surface area contributed by atoms with Crippen molar-refractivity contribution >= 4 is 11.6 Å².